The Morgan fingerprint density at radius 2 is 2.12 bits per heavy atom. The number of aromatic amines is 1. The van der Waals surface area contributed by atoms with Crippen LogP contribution in [0.4, 0.5) is 0 Å². The highest BCUT2D eigenvalue weighted by molar-refractivity contribution is 7.09. The van der Waals surface area contributed by atoms with Gasteiger partial charge < -0.3 is 15.0 Å². The molecule has 0 radical (unpaired) electrons. The highest BCUT2D eigenvalue weighted by atomic mass is 32.1. The third-order valence-corrected chi connectivity index (χ3v) is 4.65. The van der Waals surface area contributed by atoms with E-state index in [1.54, 1.807) is 19.2 Å². The quantitative estimate of drug-likeness (QED) is 0.688. The minimum atomic E-state index is -0.620. The Balaban J connectivity index is 1.79. The molecule has 0 saturated carbocycles. The molecule has 3 aromatic rings. The number of methoxy groups -OCH3 is 1. The van der Waals surface area contributed by atoms with Crippen molar-refractivity contribution in [3.05, 3.63) is 84.8 Å². The molecule has 7 nitrogen and oxygen atoms in total. The lowest BCUT2D eigenvalue weighted by Crippen LogP contribution is -2.40. The van der Waals surface area contributed by atoms with Crippen LogP contribution < -0.4 is 21.3 Å². The first kappa shape index (κ1) is 17.7. The lowest BCUT2D eigenvalue weighted by atomic mass is 10.2. The van der Waals surface area contributed by atoms with Crippen LogP contribution in [-0.2, 0) is 13.1 Å². The summed E-state index contributed by atoms with van der Waals surface area (Å²) in [5.41, 5.74) is -0.442. The van der Waals surface area contributed by atoms with E-state index in [1.165, 1.54) is 11.3 Å². The molecular weight excluding hydrogens is 354 g/mol. The van der Waals surface area contributed by atoms with E-state index < -0.39 is 17.2 Å². The first-order valence-electron chi connectivity index (χ1n) is 7.84. The van der Waals surface area contributed by atoms with Gasteiger partial charge in [-0.15, -0.1) is 11.3 Å². The molecule has 0 fully saturated rings. The molecule has 0 atom stereocenters. The number of H-pyrrole nitrogens is 1. The third kappa shape index (κ3) is 3.92. The second kappa shape index (κ2) is 7.83. The SMILES string of the molecule is COc1cccc(CNC(=O)c2c[nH]c(=O)n(Cc3cccs3)c2=O)c1. The number of nitrogens with one attached hydrogen (secondary N) is 2. The van der Waals surface area contributed by atoms with Gasteiger partial charge in [0.2, 0.25) is 0 Å². The Kier molecular flexibility index (Phi) is 5.33. The van der Waals surface area contributed by atoms with Crippen LogP contribution in [0.5, 0.6) is 5.75 Å². The normalized spacial score (nSPS) is 10.5. The predicted octanol–water partition coefficient (Wildman–Crippen LogP) is 1.58. The van der Waals surface area contributed by atoms with E-state index in [9.17, 15) is 14.4 Å². The first-order chi connectivity index (χ1) is 12.6. The summed E-state index contributed by atoms with van der Waals surface area (Å²) in [7, 11) is 1.56. The Labute approximate surface area is 152 Å². The summed E-state index contributed by atoms with van der Waals surface area (Å²) in [6.07, 6.45) is 1.15. The Morgan fingerprint density at radius 3 is 2.85 bits per heavy atom. The first-order valence-corrected chi connectivity index (χ1v) is 8.72. The third-order valence-electron chi connectivity index (χ3n) is 3.79. The van der Waals surface area contributed by atoms with Crippen LogP contribution in [0, 0.1) is 0 Å². The van der Waals surface area contributed by atoms with Gasteiger partial charge in [-0.25, -0.2) is 4.79 Å². The number of nitrogens with zero attached hydrogens (tertiary/aromatic N) is 1. The molecule has 134 valence electrons. The standard InChI is InChI=1S/C18H17N3O4S/c1-25-13-5-2-4-12(8-13)9-19-16(22)15-10-20-18(24)21(17(15)23)11-14-6-3-7-26-14/h2-8,10H,9,11H2,1H3,(H,19,22)(H,20,24). The van der Waals surface area contributed by atoms with E-state index in [0.717, 1.165) is 21.2 Å². The molecule has 0 aliphatic rings. The van der Waals surface area contributed by atoms with Gasteiger partial charge in [0.1, 0.15) is 11.3 Å². The summed E-state index contributed by atoms with van der Waals surface area (Å²) in [6.45, 7) is 0.363. The van der Waals surface area contributed by atoms with Gasteiger partial charge in [-0.05, 0) is 29.1 Å². The fraction of sp³-hybridized carbons (Fsp3) is 0.167. The number of carbonyl (C=O) groups is 1. The van der Waals surface area contributed by atoms with Gasteiger partial charge in [-0.1, -0.05) is 18.2 Å². The van der Waals surface area contributed by atoms with Gasteiger partial charge in [0.25, 0.3) is 11.5 Å². The van der Waals surface area contributed by atoms with Crippen LogP contribution in [0.2, 0.25) is 0 Å². The maximum absolute atomic E-state index is 12.5. The summed E-state index contributed by atoms with van der Waals surface area (Å²) in [4.78, 5) is 40.2. The molecule has 2 aromatic heterocycles. The molecule has 2 heterocycles. The molecule has 0 bridgehead atoms. The van der Waals surface area contributed by atoms with E-state index in [-0.39, 0.29) is 18.7 Å². The number of carbonyl (C=O) groups excluding carboxylic acids is 1. The number of hydrogen-bond acceptors (Lipinski definition) is 5. The number of aromatic nitrogens is 2. The van der Waals surface area contributed by atoms with Crippen molar-refractivity contribution in [1.82, 2.24) is 14.9 Å². The lowest BCUT2D eigenvalue weighted by Gasteiger charge is -2.08. The van der Waals surface area contributed by atoms with E-state index in [1.807, 2.05) is 29.6 Å². The number of ether oxygens (including phenoxy) is 1. The van der Waals surface area contributed by atoms with E-state index in [4.69, 9.17) is 4.74 Å². The van der Waals surface area contributed by atoms with E-state index >= 15 is 0 Å². The van der Waals surface area contributed by atoms with E-state index in [2.05, 4.69) is 10.3 Å². The largest absolute Gasteiger partial charge is 0.497 e. The van der Waals surface area contributed by atoms with E-state index in [0.29, 0.717) is 5.75 Å². The zero-order chi connectivity index (χ0) is 18.5. The van der Waals surface area contributed by atoms with Gasteiger partial charge in [-0.3, -0.25) is 14.2 Å². The van der Waals surface area contributed by atoms with Crippen molar-refractivity contribution in [3.63, 3.8) is 0 Å². The number of amides is 1. The highest BCUT2D eigenvalue weighted by Crippen LogP contribution is 2.12. The molecule has 0 unspecified atom stereocenters. The summed E-state index contributed by atoms with van der Waals surface area (Å²) in [5, 5.41) is 4.55. The van der Waals surface area contributed by atoms with Crippen LogP contribution in [0.3, 0.4) is 0 Å². The maximum Gasteiger partial charge on any atom is 0.328 e. The molecule has 0 aliphatic heterocycles. The van der Waals surface area contributed by atoms with Crippen molar-refractivity contribution in [1.29, 1.82) is 0 Å². The number of rotatable bonds is 6. The lowest BCUT2D eigenvalue weighted by molar-refractivity contribution is 0.0948. The van der Waals surface area contributed by atoms with Gasteiger partial charge in [0.05, 0.1) is 13.7 Å². The fourth-order valence-corrected chi connectivity index (χ4v) is 3.13. The molecule has 3 rings (SSSR count). The van der Waals surface area contributed by atoms with Crippen molar-refractivity contribution >= 4 is 17.2 Å². The Bertz CT molecular complexity index is 1020. The second-order valence-electron chi connectivity index (χ2n) is 5.51. The average Bonchev–Trinajstić information content (AvgIpc) is 3.16. The van der Waals surface area contributed by atoms with Gasteiger partial charge >= 0.3 is 5.69 Å². The van der Waals surface area contributed by atoms with Gasteiger partial charge in [0.15, 0.2) is 0 Å². The number of benzene rings is 1. The topological polar surface area (TPSA) is 93.2 Å². The van der Waals surface area contributed by atoms with Crippen molar-refractivity contribution in [2.24, 2.45) is 0 Å². The second-order valence-corrected chi connectivity index (χ2v) is 6.54. The van der Waals surface area contributed by atoms with Crippen molar-refractivity contribution in [3.8, 4) is 5.75 Å². The summed E-state index contributed by atoms with van der Waals surface area (Å²) >= 11 is 1.44. The molecule has 1 amide bonds. The summed E-state index contributed by atoms with van der Waals surface area (Å²) < 4.78 is 6.16. The molecule has 2 N–H and O–H groups in total. The molecule has 0 aliphatic carbocycles. The minimum absolute atomic E-state index is 0.107. The zero-order valence-electron chi connectivity index (χ0n) is 14.0. The van der Waals surface area contributed by atoms with Gasteiger partial charge in [0, 0.05) is 17.6 Å². The molecule has 8 heteroatoms. The molecule has 0 saturated heterocycles. The summed E-state index contributed by atoms with van der Waals surface area (Å²) in [5.74, 6) is 0.132. The predicted molar refractivity (Wildman–Crippen MR) is 98.9 cm³/mol. The number of hydrogen-bond donors (Lipinski definition) is 2. The fourth-order valence-electron chi connectivity index (χ4n) is 2.44. The van der Waals surface area contributed by atoms with Gasteiger partial charge in [-0.2, -0.15) is 0 Å². The monoisotopic (exact) mass is 371 g/mol. The average molecular weight is 371 g/mol. The molecule has 26 heavy (non-hydrogen) atoms. The molecular formula is C18H17N3O4S. The van der Waals surface area contributed by atoms with Crippen molar-refractivity contribution in [2.45, 2.75) is 13.1 Å². The molecule has 1 aromatic carbocycles. The van der Waals surface area contributed by atoms with Crippen LogP contribution in [0.25, 0.3) is 0 Å². The molecule has 0 spiro atoms. The van der Waals surface area contributed by atoms with Crippen LogP contribution in [-0.4, -0.2) is 22.6 Å². The Hall–Kier alpha value is -3.13. The van der Waals surface area contributed by atoms with Crippen molar-refractivity contribution in [2.75, 3.05) is 7.11 Å². The Morgan fingerprint density at radius 1 is 1.27 bits per heavy atom. The maximum atomic E-state index is 12.5. The zero-order valence-corrected chi connectivity index (χ0v) is 14.8. The van der Waals surface area contributed by atoms with Crippen LogP contribution >= 0.6 is 11.3 Å². The van der Waals surface area contributed by atoms with Crippen LogP contribution in [0.1, 0.15) is 20.8 Å². The van der Waals surface area contributed by atoms with Crippen molar-refractivity contribution < 1.29 is 9.53 Å². The van der Waals surface area contributed by atoms with Crippen LogP contribution in [0.15, 0.2) is 57.6 Å². The summed E-state index contributed by atoms with van der Waals surface area (Å²) in [6, 6.07) is 10.9. The highest BCUT2D eigenvalue weighted by Gasteiger charge is 2.15. The smallest absolute Gasteiger partial charge is 0.328 e. The minimum Gasteiger partial charge on any atom is -0.497 e. The number of thiophene rings is 1.